The topological polar surface area (TPSA) is 38.2 Å². The first-order chi connectivity index (χ1) is 9.72. The van der Waals surface area contributed by atoms with Crippen LogP contribution in [0.5, 0.6) is 5.75 Å². The maximum Gasteiger partial charge on any atom is 0.166 e. The summed E-state index contributed by atoms with van der Waals surface area (Å²) in [4.78, 5) is 10.0. The van der Waals surface area contributed by atoms with E-state index in [9.17, 15) is 4.39 Å². The third kappa shape index (κ3) is 2.90. The smallest absolute Gasteiger partial charge is 0.166 e. The molecule has 0 aromatic carbocycles. The maximum atomic E-state index is 13.7. The summed E-state index contributed by atoms with van der Waals surface area (Å²) >= 11 is 3.20. The highest BCUT2D eigenvalue weighted by Gasteiger charge is 2.30. The van der Waals surface area contributed by atoms with Gasteiger partial charge in [0.05, 0.1) is 12.8 Å². The van der Waals surface area contributed by atoms with Crippen molar-refractivity contribution in [1.29, 1.82) is 0 Å². The summed E-state index contributed by atoms with van der Waals surface area (Å²) in [5.74, 6) is 1.26. The van der Waals surface area contributed by atoms with E-state index in [4.69, 9.17) is 4.74 Å². The van der Waals surface area contributed by atoms with Crippen LogP contribution in [-0.2, 0) is 0 Å². The van der Waals surface area contributed by atoms with Gasteiger partial charge in [-0.3, -0.25) is 4.98 Å². The number of hydrogen-bond acceptors (Lipinski definition) is 4. The molecule has 0 unspecified atom stereocenters. The number of anilines is 1. The molecule has 0 spiro atoms. The zero-order chi connectivity index (χ0) is 13.9. The van der Waals surface area contributed by atoms with Crippen molar-refractivity contribution in [2.75, 3.05) is 24.6 Å². The van der Waals surface area contributed by atoms with E-state index in [1.807, 2.05) is 17.0 Å². The highest BCUT2D eigenvalue weighted by atomic mass is 79.9. The highest BCUT2D eigenvalue weighted by molar-refractivity contribution is 9.10. The Hall–Kier alpha value is -1.69. The minimum absolute atomic E-state index is 0.300. The Labute approximate surface area is 124 Å². The van der Waals surface area contributed by atoms with Crippen LogP contribution in [0.25, 0.3) is 0 Å². The zero-order valence-electron chi connectivity index (χ0n) is 10.7. The quantitative estimate of drug-likeness (QED) is 0.859. The molecule has 0 amide bonds. The van der Waals surface area contributed by atoms with Gasteiger partial charge in [0, 0.05) is 35.9 Å². The average molecular weight is 338 g/mol. The van der Waals surface area contributed by atoms with Crippen LogP contribution in [0.15, 0.2) is 41.3 Å². The van der Waals surface area contributed by atoms with E-state index in [1.54, 1.807) is 18.6 Å². The molecule has 1 aliphatic heterocycles. The SMILES string of the molecule is Fc1cc(Br)cnc1N1CC(COc2cccnc2)C1. The summed E-state index contributed by atoms with van der Waals surface area (Å²) in [6.45, 7) is 2.12. The van der Waals surface area contributed by atoms with Gasteiger partial charge in [-0.15, -0.1) is 0 Å². The minimum atomic E-state index is -0.300. The predicted octanol–water partition coefficient (Wildman–Crippen LogP) is 2.89. The Morgan fingerprint density at radius 1 is 1.40 bits per heavy atom. The summed E-state index contributed by atoms with van der Waals surface area (Å²) in [5, 5.41) is 0. The first-order valence-electron chi connectivity index (χ1n) is 6.31. The number of ether oxygens (including phenoxy) is 1. The molecule has 1 saturated heterocycles. The van der Waals surface area contributed by atoms with Gasteiger partial charge in [-0.1, -0.05) is 0 Å². The minimum Gasteiger partial charge on any atom is -0.492 e. The van der Waals surface area contributed by atoms with Gasteiger partial charge in [0.25, 0.3) is 0 Å². The van der Waals surface area contributed by atoms with E-state index in [0.29, 0.717) is 22.8 Å². The van der Waals surface area contributed by atoms with E-state index in [2.05, 4.69) is 25.9 Å². The van der Waals surface area contributed by atoms with Crippen LogP contribution in [0.2, 0.25) is 0 Å². The standard InChI is InChI=1S/C14H13BrFN3O/c15-11-4-13(16)14(18-5-11)19-7-10(8-19)9-20-12-2-1-3-17-6-12/h1-6,10H,7-9H2. The molecule has 1 fully saturated rings. The van der Waals surface area contributed by atoms with Crippen LogP contribution in [0.3, 0.4) is 0 Å². The normalized spacial score (nSPS) is 15.0. The van der Waals surface area contributed by atoms with Gasteiger partial charge in [-0.2, -0.15) is 0 Å². The molecular weight excluding hydrogens is 325 g/mol. The summed E-state index contributed by atoms with van der Waals surface area (Å²) in [6, 6.07) is 5.14. The molecule has 104 valence electrons. The fraction of sp³-hybridized carbons (Fsp3) is 0.286. The molecule has 6 heteroatoms. The number of halogens is 2. The lowest BCUT2D eigenvalue weighted by molar-refractivity contribution is 0.218. The van der Waals surface area contributed by atoms with E-state index in [1.165, 1.54) is 6.07 Å². The van der Waals surface area contributed by atoms with Crippen molar-refractivity contribution in [2.45, 2.75) is 0 Å². The first kappa shape index (κ1) is 13.3. The molecular formula is C14H13BrFN3O. The van der Waals surface area contributed by atoms with Crippen LogP contribution in [0, 0.1) is 11.7 Å². The van der Waals surface area contributed by atoms with E-state index in [-0.39, 0.29) is 5.82 Å². The number of pyridine rings is 2. The number of hydrogen-bond donors (Lipinski definition) is 0. The van der Waals surface area contributed by atoms with Gasteiger partial charge in [-0.05, 0) is 34.1 Å². The molecule has 2 aromatic heterocycles. The summed E-state index contributed by atoms with van der Waals surface area (Å²) in [6.07, 6.45) is 5.00. The highest BCUT2D eigenvalue weighted by Crippen LogP contribution is 2.27. The second kappa shape index (κ2) is 5.75. The van der Waals surface area contributed by atoms with Crippen molar-refractivity contribution in [3.63, 3.8) is 0 Å². The largest absolute Gasteiger partial charge is 0.492 e. The van der Waals surface area contributed by atoms with Crippen molar-refractivity contribution in [3.8, 4) is 5.75 Å². The van der Waals surface area contributed by atoms with Crippen molar-refractivity contribution < 1.29 is 9.13 Å². The Balaban J connectivity index is 1.51. The maximum absolute atomic E-state index is 13.7. The lowest BCUT2D eigenvalue weighted by Gasteiger charge is -2.39. The zero-order valence-corrected chi connectivity index (χ0v) is 12.3. The Morgan fingerprint density at radius 2 is 2.25 bits per heavy atom. The fourth-order valence-corrected chi connectivity index (χ4v) is 2.44. The van der Waals surface area contributed by atoms with E-state index >= 15 is 0 Å². The van der Waals surface area contributed by atoms with Crippen LogP contribution in [0.4, 0.5) is 10.2 Å². The van der Waals surface area contributed by atoms with Crippen LogP contribution >= 0.6 is 15.9 Å². The molecule has 2 aromatic rings. The molecule has 0 aliphatic carbocycles. The molecule has 20 heavy (non-hydrogen) atoms. The molecule has 0 saturated carbocycles. The molecule has 0 atom stereocenters. The molecule has 0 radical (unpaired) electrons. The summed E-state index contributed by atoms with van der Waals surface area (Å²) in [7, 11) is 0. The first-order valence-corrected chi connectivity index (χ1v) is 7.10. The second-order valence-corrected chi connectivity index (χ2v) is 5.65. The van der Waals surface area contributed by atoms with Crippen molar-refractivity contribution in [3.05, 3.63) is 47.1 Å². The Bertz CT molecular complexity index is 590. The van der Waals surface area contributed by atoms with E-state index < -0.39 is 0 Å². The Kier molecular flexibility index (Phi) is 3.82. The van der Waals surface area contributed by atoms with Crippen molar-refractivity contribution in [1.82, 2.24) is 9.97 Å². The van der Waals surface area contributed by atoms with Gasteiger partial charge in [0.1, 0.15) is 5.75 Å². The molecule has 3 rings (SSSR count). The number of rotatable bonds is 4. The fourth-order valence-electron chi connectivity index (χ4n) is 2.13. The van der Waals surface area contributed by atoms with Crippen LogP contribution in [-0.4, -0.2) is 29.7 Å². The van der Waals surface area contributed by atoms with Crippen LogP contribution in [0.1, 0.15) is 0 Å². The lowest BCUT2D eigenvalue weighted by Crippen LogP contribution is -2.50. The van der Waals surface area contributed by atoms with E-state index in [0.717, 1.165) is 18.8 Å². The van der Waals surface area contributed by atoms with Gasteiger partial charge in [0.2, 0.25) is 0 Å². The monoisotopic (exact) mass is 337 g/mol. The third-order valence-electron chi connectivity index (χ3n) is 3.17. The number of aromatic nitrogens is 2. The lowest BCUT2D eigenvalue weighted by atomic mass is 10.0. The average Bonchev–Trinajstić information content (AvgIpc) is 2.40. The van der Waals surface area contributed by atoms with Gasteiger partial charge >= 0.3 is 0 Å². The third-order valence-corrected chi connectivity index (χ3v) is 3.60. The number of nitrogens with zero attached hydrogens (tertiary/aromatic N) is 3. The molecule has 4 nitrogen and oxygen atoms in total. The van der Waals surface area contributed by atoms with Gasteiger partial charge in [0.15, 0.2) is 11.6 Å². The van der Waals surface area contributed by atoms with Gasteiger partial charge < -0.3 is 9.64 Å². The summed E-state index contributed by atoms with van der Waals surface area (Å²) < 4.78 is 20.0. The Morgan fingerprint density at radius 3 is 2.95 bits per heavy atom. The van der Waals surface area contributed by atoms with Crippen molar-refractivity contribution >= 4 is 21.7 Å². The molecule has 3 heterocycles. The van der Waals surface area contributed by atoms with Crippen LogP contribution < -0.4 is 9.64 Å². The second-order valence-electron chi connectivity index (χ2n) is 4.73. The molecule has 0 N–H and O–H groups in total. The van der Waals surface area contributed by atoms with Gasteiger partial charge in [-0.25, -0.2) is 9.37 Å². The molecule has 1 aliphatic rings. The predicted molar refractivity (Wildman–Crippen MR) is 77.3 cm³/mol. The molecule has 0 bridgehead atoms. The van der Waals surface area contributed by atoms with Crippen molar-refractivity contribution in [2.24, 2.45) is 5.92 Å². The summed E-state index contributed by atoms with van der Waals surface area (Å²) in [5.41, 5.74) is 0.